The Bertz CT molecular complexity index is 460. The van der Waals surface area contributed by atoms with Gasteiger partial charge in [0.25, 0.3) is 0 Å². The minimum atomic E-state index is -1.19. The van der Waals surface area contributed by atoms with Crippen LogP contribution < -0.4 is 0 Å². The van der Waals surface area contributed by atoms with E-state index in [0.29, 0.717) is 0 Å². The van der Waals surface area contributed by atoms with Gasteiger partial charge in [0, 0.05) is 5.02 Å². The number of esters is 1. The number of carbonyl (C=O) groups excluding carboxylic acids is 1. The number of ether oxygens (including phenoxy) is 1. The maximum absolute atomic E-state index is 11.8. The van der Waals surface area contributed by atoms with Crippen molar-refractivity contribution in [1.82, 2.24) is 0 Å². The molecular formula is C12H13ClO4. The standard InChI is InChI=1S/C12H13ClO4/c1-12(2,3)17-11(16)9-6-7(13)4-5-8(9)10(14)15/h4-6H,1-3H3,(H,14,15). The Kier molecular flexibility index (Phi) is 3.78. The molecule has 0 aliphatic heterocycles. The van der Waals surface area contributed by atoms with Crippen LogP contribution in [0.2, 0.25) is 5.02 Å². The van der Waals surface area contributed by atoms with Crippen molar-refractivity contribution < 1.29 is 19.4 Å². The van der Waals surface area contributed by atoms with Crippen LogP contribution in [0.25, 0.3) is 0 Å². The van der Waals surface area contributed by atoms with E-state index in [4.69, 9.17) is 21.4 Å². The van der Waals surface area contributed by atoms with Crippen LogP contribution in [0.3, 0.4) is 0 Å². The summed E-state index contributed by atoms with van der Waals surface area (Å²) >= 11 is 5.74. The molecule has 1 N–H and O–H groups in total. The fourth-order valence-corrected chi connectivity index (χ4v) is 1.38. The summed E-state index contributed by atoms with van der Waals surface area (Å²) in [5.41, 5.74) is -0.849. The minimum Gasteiger partial charge on any atom is -0.478 e. The Morgan fingerprint density at radius 2 is 1.82 bits per heavy atom. The first-order valence-electron chi connectivity index (χ1n) is 4.97. The Hall–Kier alpha value is -1.55. The summed E-state index contributed by atoms with van der Waals surface area (Å²) in [7, 11) is 0. The maximum Gasteiger partial charge on any atom is 0.339 e. The molecule has 92 valence electrons. The van der Waals surface area contributed by atoms with Gasteiger partial charge in [-0.1, -0.05) is 11.6 Å². The smallest absolute Gasteiger partial charge is 0.339 e. The number of carboxylic acid groups (broad SMARTS) is 1. The number of halogens is 1. The second-order valence-corrected chi connectivity index (χ2v) is 4.93. The van der Waals surface area contributed by atoms with E-state index in [0.717, 1.165) is 0 Å². The van der Waals surface area contributed by atoms with Gasteiger partial charge in [0.05, 0.1) is 11.1 Å². The van der Waals surface area contributed by atoms with Crippen molar-refractivity contribution in [2.75, 3.05) is 0 Å². The quantitative estimate of drug-likeness (QED) is 0.826. The van der Waals surface area contributed by atoms with E-state index in [1.807, 2.05) is 0 Å². The number of hydrogen-bond donors (Lipinski definition) is 1. The summed E-state index contributed by atoms with van der Waals surface area (Å²) in [5, 5.41) is 9.24. The molecule has 0 saturated carbocycles. The van der Waals surface area contributed by atoms with Crippen molar-refractivity contribution >= 4 is 23.5 Å². The summed E-state index contributed by atoms with van der Waals surface area (Å²) < 4.78 is 5.11. The third-order valence-electron chi connectivity index (χ3n) is 1.83. The van der Waals surface area contributed by atoms with Gasteiger partial charge in [-0.2, -0.15) is 0 Å². The van der Waals surface area contributed by atoms with E-state index in [9.17, 15) is 9.59 Å². The Balaban J connectivity index is 3.16. The van der Waals surface area contributed by atoms with Gasteiger partial charge in [0.2, 0.25) is 0 Å². The summed E-state index contributed by atoms with van der Waals surface area (Å²) in [6, 6.07) is 3.99. The molecule has 1 rings (SSSR count). The monoisotopic (exact) mass is 256 g/mol. The van der Waals surface area contributed by atoms with Crippen LogP contribution in [0.4, 0.5) is 0 Å². The molecule has 5 heteroatoms. The molecule has 17 heavy (non-hydrogen) atoms. The molecule has 1 aromatic rings. The predicted octanol–water partition coefficient (Wildman–Crippen LogP) is 2.99. The normalized spacial score (nSPS) is 11.1. The van der Waals surface area contributed by atoms with Crippen LogP contribution in [0.1, 0.15) is 41.5 Å². The second-order valence-electron chi connectivity index (χ2n) is 4.50. The maximum atomic E-state index is 11.8. The van der Waals surface area contributed by atoms with Crippen LogP contribution in [0, 0.1) is 0 Å². The lowest BCUT2D eigenvalue weighted by molar-refractivity contribution is 0.00658. The fourth-order valence-electron chi connectivity index (χ4n) is 1.20. The Labute approximate surface area is 104 Å². The van der Waals surface area contributed by atoms with Crippen molar-refractivity contribution in [2.24, 2.45) is 0 Å². The minimum absolute atomic E-state index is 0.0417. The number of rotatable bonds is 2. The van der Waals surface area contributed by atoms with Crippen molar-refractivity contribution in [3.8, 4) is 0 Å². The largest absolute Gasteiger partial charge is 0.478 e. The van der Waals surface area contributed by atoms with Crippen molar-refractivity contribution in [3.63, 3.8) is 0 Å². The molecule has 4 nitrogen and oxygen atoms in total. The van der Waals surface area contributed by atoms with Crippen molar-refractivity contribution in [3.05, 3.63) is 34.3 Å². The molecule has 0 aliphatic carbocycles. The van der Waals surface area contributed by atoms with Gasteiger partial charge in [-0.25, -0.2) is 9.59 Å². The van der Waals surface area contributed by atoms with Gasteiger partial charge in [0.1, 0.15) is 5.60 Å². The lowest BCUT2D eigenvalue weighted by Gasteiger charge is -2.20. The van der Waals surface area contributed by atoms with E-state index in [2.05, 4.69) is 0 Å². The summed E-state index contributed by atoms with van der Waals surface area (Å²) in [6.07, 6.45) is 0. The molecule has 0 aromatic heterocycles. The third kappa shape index (κ3) is 3.75. The number of carbonyl (C=O) groups is 2. The van der Waals surface area contributed by atoms with E-state index < -0.39 is 17.5 Å². The molecule has 0 fully saturated rings. The molecule has 0 spiro atoms. The molecule has 0 atom stereocenters. The first-order valence-corrected chi connectivity index (χ1v) is 5.35. The van der Waals surface area contributed by atoms with Gasteiger partial charge in [-0.15, -0.1) is 0 Å². The van der Waals surface area contributed by atoms with Crippen LogP contribution in [0.5, 0.6) is 0 Å². The predicted molar refractivity (Wildman–Crippen MR) is 63.6 cm³/mol. The van der Waals surface area contributed by atoms with Gasteiger partial charge < -0.3 is 9.84 Å². The van der Waals surface area contributed by atoms with Crippen molar-refractivity contribution in [1.29, 1.82) is 0 Å². The summed E-state index contributed by atoms with van der Waals surface area (Å²) in [6.45, 7) is 5.11. The molecule has 0 amide bonds. The molecule has 0 aliphatic rings. The average Bonchev–Trinajstić information content (AvgIpc) is 2.14. The SMILES string of the molecule is CC(C)(C)OC(=O)c1cc(Cl)ccc1C(=O)O. The molecule has 1 aromatic carbocycles. The first-order chi connectivity index (χ1) is 7.70. The fraction of sp³-hybridized carbons (Fsp3) is 0.333. The number of hydrogen-bond acceptors (Lipinski definition) is 3. The summed E-state index contributed by atoms with van der Waals surface area (Å²) in [5.74, 6) is -1.89. The van der Waals surface area contributed by atoms with E-state index >= 15 is 0 Å². The van der Waals surface area contributed by atoms with Gasteiger partial charge in [-0.3, -0.25) is 0 Å². The highest BCUT2D eigenvalue weighted by molar-refractivity contribution is 6.31. The molecule has 0 heterocycles. The van der Waals surface area contributed by atoms with Gasteiger partial charge in [-0.05, 0) is 39.0 Å². The van der Waals surface area contributed by atoms with Gasteiger partial charge in [0.15, 0.2) is 0 Å². The highest BCUT2D eigenvalue weighted by atomic mass is 35.5. The van der Waals surface area contributed by atoms with Crippen molar-refractivity contribution in [2.45, 2.75) is 26.4 Å². The zero-order valence-electron chi connectivity index (χ0n) is 9.78. The number of benzene rings is 1. The van der Waals surface area contributed by atoms with Crippen LogP contribution in [-0.2, 0) is 4.74 Å². The second kappa shape index (κ2) is 4.75. The third-order valence-corrected chi connectivity index (χ3v) is 2.07. The van der Waals surface area contributed by atoms with Crippen LogP contribution >= 0.6 is 11.6 Å². The number of aromatic carboxylic acids is 1. The molecule has 0 radical (unpaired) electrons. The lowest BCUT2D eigenvalue weighted by Crippen LogP contribution is -2.25. The van der Waals surface area contributed by atoms with E-state index in [1.165, 1.54) is 18.2 Å². The molecule has 0 saturated heterocycles. The number of carboxylic acids is 1. The Morgan fingerprint density at radius 1 is 1.24 bits per heavy atom. The molecule has 0 bridgehead atoms. The molecular weight excluding hydrogens is 244 g/mol. The lowest BCUT2D eigenvalue weighted by atomic mass is 10.1. The zero-order chi connectivity index (χ0) is 13.2. The van der Waals surface area contributed by atoms with Crippen LogP contribution in [0.15, 0.2) is 18.2 Å². The molecule has 0 unspecified atom stereocenters. The van der Waals surface area contributed by atoms with Gasteiger partial charge >= 0.3 is 11.9 Å². The summed E-state index contributed by atoms with van der Waals surface area (Å²) in [4.78, 5) is 22.7. The highest BCUT2D eigenvalue weighted by Crippen LogP contribution is 2.19. The highest BCUT2D eigenvalue weighted by Gasteiger charge is 2.23. The average molecular weight is 257 g/mol. The Morgan fingerprint density at radius 3 is 2.29 bits per heavy atom. The zero-order valence-corrected chi connectivity index (χ0v) is 10.5. The topological polar surface area (TPSA) is 63.6 Å². The van der Waals surface area contributed by atoms with Crippen LogP contribution in [-0.4, -0.2) is 22.6 Å². The van der Waals surface area contributed by atoms with E-state index in [1.54, 1.807) is 20.8 Å². The first kappa shape index (κ1) is 13.5. The van der Waals surface area contributed by atoms with E-state index in [-0.39, 0.29) is 16.1 Å².